The molecule has 36 heavy (non-hydrogen) atoms. The first-order valence-electron chi connectivity index (χ1n) is 12.4. The van der Waals surface area contributed by atoms with Gasteiger partial charge in [-0.15, -0.1) is 0 Å². The molecular weight excluding hydrogens is 460 g/mol. The van der Waals surface area contributed by atoms with Gasteiger partial charge >= 0.3 is 11.9 Å². The van der Waals surface area contributed by atoms with Crippen molar-refractivity contribution in [3.05, 3.63) is 65.2 Å². The van der Waals surface area contributed by atoms with Gasteiger partial charge in [0.1, 0.15) is 17.8 Å². The van der Waals surface area contributed by atoms with Crippen LogP contribution in [0.5, 0.6) is 5.75 Å². The first-order valence-corrected chi connectivity index (χ1v) is 12.4. The normalized spacial score (nSPS) is 27.3. The fourth-order valence-electron chi connectivity index (χ4n) is 6.53. The van der Waals surface area contributed by atoms with Gasteiger partial charge in [0.15, 0.2) is 5.78 Å². The molecule has 3 fully saturated rings. The van der Waals surface area contributed by atoms with E-state index in [1.807, 2.05) is 24.3 Å². The van der Waals surface area contributed by atoms with Crippen molar-refractivity contribution < 1.29 is 28.6 Å². The highest BCUT2D eigenvalue weighted by Crippen LogP contribution is 2.63. The van der Waals surface area contributed by atoms with Gasteiger partial charge in [-0.1, -0.05) is 42.8 Å². The number of nitrogens with zero attached hydrogens (tertiary/aromatic N) is 2. The quantitative estimate of drug-likeness (QED) is 0.478. The standard InChI is InChI=1S/C28H28N2O6/c1-17(31)23-22(18-10-12-20(34-2)13-11-18)28(24-21-9-5-4-8-19(21)16-29-30(23)24)25(32)35-27(36-26(28)33)14-6-3-7-15-27/h4-5,8-13,16,22-24H,3,6-7,14-15H2,1-2H3/t22-,23-,24-/m0/s1. The minimum Gasteiger partial charge on any atom is -0.497 e. The van der Waals surface area contributed by atoms with Crippen LogP contribution in [0.25, 0.3) is 0 Å². The van der Waals surface area contributed by atoms with Crippen LogP contribution in [0.1, 0.15) is 67.7 Å². The Morgan fingerprint density at radius 1 is 1.00 bits per heavy atom. The average molecular weight is 489 g/mol. The third-order valence-corrected chi connectivity index (χ3v) is 8.15. The summed E-state index contributed by atoms with van der Waals surface area (Å²) in [5, 5.41) is 6.23. The van der Waals surface area contributed by atoms with Gasteiger partial charge in [-0.3, -0.25) is 19.4 Å². The monoisotopic (exact) mass is 488 g/mol. The zero-order valence-electron chi connectivity index (χ0n) is 20.3. The lowest BCUT2D eigenvalue weighted by molar-refractivity contribution is -0.273. The van der Waals surface area contributed by atoms with Crippen LogP contribution in [0.3, 0.4) is 0 Å². The second-order valence-corrected chi connectivity index (χ2v) is 10.1. The number of hydrazone groups is 1. The molecule has 2 aromatic carbocycles. The highest BCUT2D eigenvalue weighted by molar-refractivity contribution is 6.07. The van der Waals surface area contributed by atoms with Crippen molar-refractivity contribution in [1.82, 2.24) is 5.01 Å². The molecule has 186 valence electrons. The molecule has 0 radical (unpaired) electrons. The minimum absolute atomic E-state index is 0.201. The van der Waals surface area contributed by atoms with E-state index in [-0.39, 0.29) is 5.78 Å². The molecule has 0 N–H and O–H groups in total. The SMILES string of the molecule is COc1ccc([C@H]2[C@H](C(C)=O)N3N=Cc4ccccc4[C@H]3C23C(=O)OC2(CCCCC2)OC3=O)cc1. The number of methoxy groups -OCH3 is 1. The van der Waals surface area contributed by atoms with E-state index in [1.165, 1.54) is 6.92 Å². The summed E-state index contributed by atoms with van der Waals surface area (Å²) >= 11 is 0. The molecule has 1 aliphatic carbocycles. The molecule has 3 aliphatic heterocycles. The Morgan fingerprint density at radius 3 is 2.31 bits per heavy atom. The van der Waals surface area contributed by atoms with E-state index >= 15 is 0 Å². The van der Waals surface area contributed by atoms with Gasteiger partial charge in [-0.2, -0.15) is 5.10 Å². The zero-order chi connectivity index (χ0) is 25.1. The number of ketones is 1. The Kier molecular flexibility index (Phi) is 5.17. The summed E-state index contributed by atoms with van der Waals surface area (Å²) in [5.41, 5.74) is 0.366. The van der Waals surface area contributed by atoms with Gasteiger partial charge < -0.3 is 14.2 Å². The Hall–Kier alpha value is -3.68. The van der Waals surface area contributed by atoms with Gasteiger partial charge in [0, 0.05) is 18.8 Å². The second-order valence-electron chi connectivity index (χ2n) is 10.1. The molecule has 6 rings (SSSR count). The van der Waals surface area contributed by atoms with Crippen molar-refractivity contribution in [2.75, 3.05) is 7.11 Å². The maximum absolute atomic E-state index is 14.3. The Balaban J connectivity index is 1.58. The highest BCUT2D eigenvalue weighted by Gasteiger charge is 2.75. The van der Waals surface area contributed by atoms with Crippen LogP contribution in [-0.4, -0.2) is 47.9 Å². The van der Waals surface area contributed by atoms with Crippen LogP contribution >= 0.6 is 0 Å². The Morgan fingerprint density at radius 2 is 1.67 bits per heavy atom. The summed E-state index contributed by atoms with van der Waals surface area (Å²) in [6.45, 7) is 1.47. The molecule has 0 bridgehead atoms. The molecule has 4 aliphatic rings. The third kappa shape index (κ3) is 3.06. The highest BCUT2D eigenvalue weighted by atomic mass is 16.7. The van der Waals surface area contributed by atoms with E-state index in [4.69, 9.17) is 14.2 Å². The predicted molar refractivity (Wildman–Crippen MR) is 129 cm³/mol. The van der Waals surface area contributed by atoms with Crippen molar-refractivity contribution in [2.24, 2.45) is 10.5 Å². The van der Waals surface area contributed by atoms with E-state index in [0.717, 1.165) is 30.4 Å². The molecule has 1 saturated carbocycles. The molecule has 3 atom stereocenters. The van der Waals surface area contributed by atoms with Crippen molar-refractivity contribution in [3.63, 3.8) is 0 Å². The van der Waals surface area contributed by atoms with Crippen LogP contribution in [-0.2, 0) is 23.9 Å². The molecule has 2 aromatic rings. The van der Waals surface area contributed by atoms with Crippen LogP contribution in [0.15, 0.2) is 53.6 Å². The molecule has 8 heteroatoms. The van der Waals surface area contributed by atoms with E-state index < -0.39 is 41.1 Å². The summed E-state index contributed by atoms with van der Waals surface area (Å²) in [6.07, 6.45) is 5.26. The van der Waals surface area contributed by atoms with Crippen LogP contribution < -0.4 is 4.74 Å². The van der Waals surface area contributed by atoms with Crippen molar-refractivity contribution in [2.45, 2.75) is 62.8 Å². The van der Waals surface area contributed by atoms with E-state index in [1.54, 1.807) is 42.6 Å². The van der Waals surface area contributed by atoms with E-state index in [0.29, 0.717) is 24.2 Å². The second kappa shape index (κ2) is 8.18. The molecule has 2 spiro atoms. The first-order chi connectivity index (χ1) is 17.4. The van der Waals surface area contributed by atoms with Gasteiger partial charge in [0.2, 0.25) is 5.41 Å². The molecule has 8 nitrogen and oxygen atoms in total. The van der Waals surface area contributed by atoms with Crippen molar-refractivity contribution in [3.8, 4) is 5.75 Å². The fraction of sp³-hybridized carbons (Fsp3) is 0.429. The van der Waals surface area contributed by atoms with Gasteiger partial charge in [-0.25, -0.2) is 0 Å². The predicted octanol–water partition coefficient (Wildman–Crippen LogP) is 3.89. The van der Waals surface area contributed by atoms with E-state index in [2.05, 4.69) is 5.10 Å². The number of ether oxygens (including phenoxy) is 3. The lowest BCUT2D eigenvalue weighted by Crippen LogP contribution is -2.60. The average Bonchev–Trinajstić information content (AvgIpc) is 3.21. The van der Waals surface area contributed by atoms with Crippen molar-refractivity contribution in [1.29, 1.82) is 0 Å². The summed E-state index contributed by atoms with van der Waals surface area (Å²) < 4.78 is 17.5. The summed E-state index contributed by atoms with van der Waals surface area (Å²) in [6, 6.07) is 12.9. The Bertz CT molecular complexity index is 1240. The molecule has 0 unspecified atom stereocenters. The largest absolute Gasteiger partial charge is 0.497 e. The van der Waals surface area contributed by atoms with Crippen LogP contribution in [0.4, 0.5) is 0 Å². The number of Topliss-reactive ketones (excluding diaryl/α,β-unsaturated/α-hetero) is 1. The minimum atomic E-state index is -1.80. The zero-order valence-corrected chi connectivity index (χ0v) is 20.3. The smallest absolute Gasteiger partial charge is 0.330 e. The number of fused-ring (bicyclic) bond motifs is 4. The molecular formula is C28H28N2O6. The maximum atomic E-state index is 14.3. The summed E-state index contributed by atoms with van der Waals surface area (Å²) in [7, 11) is 1.57. The Labute approximate surface area is 209 Å². The molecule has 0 amide bonds. The molecule has 2 saturated heterocycles. The van der Waals surface area contributed by atoms with E-state index in [9.17, 15) is 14.4 Å². The fourth-order valence-corrected chi connectivity index (χ4v) is 6.53. The number of hydrogen-bond acceptors (Lipinski definition) is 8. The van der Waals surface area contributed by atoms with Gasteiger partial charge in [0.25, 0.3) is 5.79 Å². The number of carbonyl (C=O) groups is 3. The number of rotatable bonds is 3. The van der Waals surface area contributed by atoms with Gasteiger partial charge in [-0.05, 0) is 48.6 Å². The first kappa shape index (κ1) is 22.8. The number of benzene rings is 2. The van der Waals surface area contributed by atoms with Crippen LogP contribution in [0, 0.1) is 5.41 Å². The third-order valence-electron chi connectivity index (χ3n) is 8.15. The number of hydrogen-bond donors (Lipinski definition) is 0. The molecule has 0 aromatic heterocycles. The summed E-state index contributed by atoms with van der Waals surface area (Å²) in [4.78, 5) is 41.8. The van der Waals surface area contributed by atoms with Crippen LogP contribution in [0.2, 0.25) is 0 Å². The lowest BCUT2D eigenvalue weighted by atomic mass is 9.65. The number of esters is 2. The van der Waals surface area contributed by atoms with Gasteiger partial charge in [0.05, 0.1) is 13.3 Å². The molecule has 3 heterocycles. The number of carbonyl (C=O) groups excluding carboxylic acids is 3. The lowest BCUT2D eigenvalue weighted by Gasteiger charge is -2.47. The van der Waals surface area contributed by atoms with Crippen molar-refractivity contribution >= 4 is 23.9 Å². The topological polar surface area (TPSA) is 94.5 Å². The maximum Gasteiger partial charge on any atom is 0.330 e. The summed E-state index contributed by atoms with van der Waals surface area (Å²) in [5.74, 6) is -2.97.